The molecular weight excluding hydrogens is 470 g/mol. The number of benzene rings is 2. The zero-order chi connectivity index (χ0) is 24.7. The van der Waals surface area contributed by atoms with Gasteiger partial charge < -0.3 is 14.1 Å². The minimum absolute atomic E-state index is 0.119. The van der Waals surface area contributed by atoms with E-state index in [4.69, 9.17) is 9.15 Å². The van der Waals surface area contributed by atoms with Crippen LogP contribution in [0.5, 0.6) is 5.75 Å². The van der Waals surface area contributed by atoms with Crippen LogP contribution in [0.4, 0.5) is 0 Å². The molecule has 0 radical (unpaired) electrons. The van der Waals surface area contributed by atoms with Crippen LogP contribution in [-0.4, -0.2) is 62.1 Å². The van der Waals surface area contributed by atoms with Gasteiger partial charge in [0.2, 0.25) is 0 Å². The lowest BCUT2D eigenvalue weighted by molar-refractivity contribution is 0.0859. The number of amides is 1. The van der Waals surface area contributed by atoms with E-state index < -0.39 is 10.8 Å². The number of hydrogen-bond donors (Lipinski definition) is 2. The van der Waals surface area contributed by atoms with Gasteiger partial charge in [0.25, 0.3) is 5.91 Å². The number of fused-ring (bicyclic) bond motifs is 2. The van der Waals surface area contributed by atoms with Crippen molar-refractivity contribution in [1.29, 1.82) is 0 Å². The van der Waals surface area contributed by atoms with Gasteiger partial charge in [0, 0.05) is 25.7 Å². The Hall–Kier alpha value is -2.79. The van der Waals surface area contributed by atoms with Gasteiger partial charge in [-0.15, -0.1) is 0 Å². The maximum absolute atomic E-state index is 12.8. The van der Waals surface area contributed by atoms with Gasteiger partial charge in [-0.25, -0.2) is 9.10 Å². The second-order valence-electron chi connectivity index (χ2n) is 9.28. The molecule has 0 saturated carbocycles. The van der Waals surface area contributed by atoms with Gasteiger partial charge in [-0.2, -0.15) is 0 Å². The largest absolute Gasteiger partial charge is 0.497 e. The summed E-state index contributed by atoms with van der Waals surface area (Å²) in [6.07, 6.45) is 3.23. The van der Waals surface area contributed by atoms with Gasteiger partial charge in [0.1, 0.15) is 5.75 Å². The first-order valence-corrected chi connectivity index (χ1v) is 13.4. The Morgan fingerprint density at radius 3 is 2.54 bits per heavy atom. The summed E-state index contributed by atoms with van der Waals surface area (Å²) in [5.74, 6) is -0.150. The van der Waals surface area contributed by atoms with E-state index in [1.54, 1.807) is 22.8 Å². The van der Waals surface area contributed by atoms with E-state index >= 15 is 0 Å². The fraction of sp³-hybridized carbons (Fsp3) is 0.440. The van der Waals surface area contributed by atoms with Crippen molar-refractivity contribution in [2.75, 3.05) is 33.3 Å². The number of methoxy groups -OCH3 is 1. The zero-order valence-corrected chi connectivity index (χ0v) is 20.8. The van der Waals surface area contributed by atoms with Gasteiger partial charge >= 0.3 is 5.76 Å². The lowest BCUT2D eigenvalue weighted by atomic mass is 10.0. The van der Waals surface area contributed by atoms with Crippen LogP contribution in [0.1, 0.15) is 47.6 Å². The molecule has 0 aliphatic carbocycles. The molecule has 2 aliphatic heterocycles. The average molecular weight is 502 g/mol. The first kappa shape index (κ1) is 23.9. The molecule has 9 nitrogen and oxygen atoms in total. The molecule has 2 N–H and O–H groups in total. The zero-order valence-electron chi connectivity index (χ0n) is 20.0. The Labute approximate surface area is 205 Å². The molecule has 1 saturated heterocycles. The SMILES string of the molecule is COc1ccc2c(c1)C(=O)N(CCCCN1CCC(n3c(=O)oc4cc(C)ccc43)CC1)S2(O)O. The van der Waals surface area contributed by atoms with Crippen LogP contribution in [0, 0.1) is 6.92 Å². The highest BCUT2D eigenvalue weighted by molar-refractivity contribution is 8.23. The topological polar surface area (TPSA) is 108 Å². The Balaban J connectivity index is 1.13. The van der Waals surface area contributed by atoms with Gasteiger partial charge in [-0.05, 0) is 75.0 Å². The van der Waals surface area contributed by atoms with E-state index in [0.717, 1.165) is 50.0 Å². The molecule has 2 aliphatic rings. The quantitative estimate of drug-likeness (QED) is 0.459. The number of carbonyl (C=O) groups is 1. The molecule has 2 aromatic carbocycles. The van der Waals surface area contributed by atoms with Crippen molar-refractivity contribution < 1.29 is 23.1 Å². The molecule has 0 bridgehead atoms. The molecule has 5 rings (SSSR count). The molecule has 0 unspecified atom stereocenters. The summed E-state index contributed by atoms with van der Waals surface area (Å²) in [4.78, 5) is 27.9. The number of piperidine rings is 1. The summed E-state index contributed by atoms with van der Waals surface area (Å²) >= 11 is 0. The van der Waals surface area contributed by atoms with Crippen LogP contribution >= 0.6 is 10.8 Å². The summed E-state index contributed by atoms with van der Waals surface area (Å²) in [5.41, 5.74) is 2.85. The number of oxazole rings is 1. The Bertz CT molecular complexity index is 1310. The molecule has 10 heteroatoms. The number of aromatic nitrogens is 1. The molecule has 3 heterocycles. The van der Waals surface area contributed by atoms with Crippen molar-refractivity contribution in [1.82, 2.24) is 13.8 Å². The molecule has 1 amide bonds. The molecular formula is C25H31N3O6S. The maximum atomic E-state index is 12.8. The monoisotopic (exact) mass is 501 g/mol. The van der Waals surface area contributed by atoms with Crippen LogP contribution in [0.15, 0.2) is 50.5 Å². The number of carbonyl (C=O) groups excluding carboxylic acids is 1. The molecule has 188 valence electrons. The number of rotatable bonds is 7. The van der Waals surface area contributed by atoms with E-state index in [1.807, 2.05) is 25.1 Å². The van der Waals surface area contributed by atoms with Crippen LogP contribution in [0.25, 0.3) is 11.1 Å². The molecule has 1 fully saturated rings. The molecule has 3 aromatic rings. The standard InChI is InChI=1S/C25H31N3O6S/c1-17-5-7-21-22(15-17)34-25(30)28(21)18-9-13-26(14-10-18)11-3-4-12-27-24(29)20-16-19(33-2)6-8-23(20)35(27,31)32/h5-8,15-16,18,31-32H,3-4,9-14H2,1-2H3. The van der Waals surface area contributed by atoms with Crippen LogP contribution in [0.2, 0.25) is 0 Å². The highest BCUT2D eigenvalue weighted by atomic mass is 32.3. The summed E-state index contributed by atoms with van der Waals surface area (Å²) in [6, 6.07) is 10.7. The fourth-order valence-electron chi connectivity index (χ4n) is 5.12. The number of likely N-dealkylation sites (tertiary alicyclic amines) is 1. The minimum Gasteiger partial charge on any atom is -0.497 e. The van der Waals surface area contributed by atoms with Gasteiger partial charge in [-0.3, -0.25) is 18.5 Å². The molecule has 35 heavy (non-hydrogen) atoms. The number of hydrogen-bond acceptors (Lipinski definition) is 7. The predicted molar refractivity (Wildman–Crippen MR) is 134 cm³/mol. The Kier molecular flexibility index (Phi) is 6.39. The number of ether oxygens (including phenoxy) is 1. The maximum Gasteiger partial charge on any atom is 0.420 e. The van der Waals surface area contributed by atoms with Crippen molar-refractivity contribution in [3.05, 3.63) is 58.1 Å². The van der Waals surface area contributed by atoms with Gasteiger partial charge in [0.05, 0.1) is 23.1 Å². The highest BCUT2D eigenvalue weighted by Crippen LogP contribution is 2.59. The fourth-order valence-corrected chi connectivity index (χ4v) is 6.76. The molecule has 0 spiro atoms. The lowest BCUT2D eigenvalue weighted by Gasteiger charge is -2.37. The van der Waals surface area contributed by atoms with Crippen LogP contribution in [-0.2, 0) is 0 Å². The van der Waals surface area contributed by atoms with Crippen molar-refractivity contribution in [3.63, 3.8) is 0 Å². The summed E-state index contributed by atoms with van der Waals surface area (Å²) in [6.45, 7) is 4.87. The van der Waals surface area contributed by atoms with Crippen molar-refractivity contribution >= 4 is 27.8 Å². The van der Waals surface area contributed by atoms with Gasteiger partial charge in [0.15, 0.2) is 5.58 Å². The van der Waals surface area contributed by atoms with Crippen molar-refractivity contribution in [2.45, 2.75) is 43.5 Å². The number of aryl methyl sites for hydroxylation is 1. The third kappa shape index (κ3) is 4.35. The normalized spacial score (nSPS) is 19.3. The second kappa shape index (κ2) is 9.34. The Morgan fingerprint density at radius 2 is 1.80 bits per heavy atom. The van der Waals surface area contributed by atoms with Crippen molar-refractivity contribution in [3.8, 4) is 5.75 Å². The smallest absolute Gasteiger partial charge is 0.420 e. The molecule has 0 atom stereocenters. The third-order valence-electron chi connectivity index (χ3n) is 7.02. The Morgan fingerprint density at radius 1 is 1.06 bits per heavy atom. The van der Waals surface area contributed by atoms with Gasteiger partial charge in [-0.1, -0.05) is 16.8 Å². The third-order valence-corrected chi connectivity index (χ3v) is 8.93. The van der Waals surface area contributed by atoms with E-state index in [0.29, 0.717) is 23.3 Å². The average Bonchev–Trinajstić information content (AvgIpc) is 3.26. The second-order valence-corrected chi connectivity index (χ2v) is 11.2. The van der Waals surface area contributed by atoms with E-state index in [1.165, 1.54) is 11.4 Å². The first-order valence-electron chi connectivity index (χ1n) is 11.9. The molecule has 1 aromatic heterocycles. The summed E-state index contributed by atoms with van der Waals surface area (Å²) in [5, 5.41) is 0. The number of unbranched alkanes of at least 4 members (excludes halogenated alkanes) is 1. The first-order chi connectivity index (χ1) is 16.8. The van der Waals surface area contributed by atoms with Crippen LogP contribution < -0.4 is 10.5 Å². The van der Waals surface area contributed by atoms with Crippen molar-refractivity contribution in [2.24, 2.45) is 0 Å². The van der Waals surface area contributed by atoms with E-state index in [9.17, 15) is 18.7 Å². The summed E-state index contributed by atoms with van der Waals surface area (Å²) < 4.78 is 35.0. The lowest BCUT2D eigenvalue weighted by Crippen LogP contribution is -2.37. The van der Waals surface area contributed by atoms with E-state index in [-0.39, 0.29) is 29.1 Å². The van der Waals surface area contributed by atoms with E-state index in [2.05, 4.69) is 4.90 Å². The predicted octanol–water partition coefficient (Wildman–Crippen LogP) is 4.51. The highest BCUT2D eigenvalue weighted by Gasteiger charge is 2.41. The minimum atomic E-state index is -3.31. The van der Waals surface area contributed by atoms with Crippen LogP contribution in [0.3, 0.4) is 0 Å². The summed E-state index contributed by atoms with van der Waals surface area (Å²) in [7, 11) is -1.80. The number of nitrogens with zero attached hydrogens (tertiary/aromatic N) is 3.